The number of hydrogen-bond acceptors (Lipinski definition) is 9. The van der Waals surface area contributed by atoms with Gasteiger partial charge in [0.1, 0.15) is 11.6 Å². The van der Waals surface area contributed by atoms with Crippen molar-refractivity contribution in [1.29, 1.82) is 0 Å². The topological polar surface area (TPSA) is 106 Å². The zero-order valence-corrected chi connectivity index (χ0v) is 19.8. The van der Waals surface area contributed by atoms with Crippen molar-refractivity contribution in [3.05, 3.63) is 60.4 Å². The molecule has 5 aromatic rings. The molecule has 0 aliphatic heterocycles. The molecular weight excluding hydrogens is 489 g/mol. The quantitative estimate of drug-likeness (QED) is 0.316. The maximum Gasteiger partial charge on any atom is 0.240 e. The fourth-order valence-electron chi connectivity index (χ4n) is 3.34. The maximum atomic E-state index is 13.5. The predicted molar refractivity (Wildman–Crippen MR) is 131 cm³/mol. The van der Waals surface area contributed by atoms with E-state index >= 15 is 0 Å². The largest absolute Gasteiger partial charge is 0.437 e. The summed E-state index contributed by atoms with van der Waals surface area (Å²) < 4.78 is 21.7. The van der Waals surface area contributed by atoms with Gasteiger partial charge in [0.05, 0.1) is 16.8 Å². The molecule has 1 fully saturated rings. The van der Waals surface area contributed by atoms with E-state index < -0.39 is 0 Å². The van der Waals surface area contributed by atoms with Gasteiger partial charge in [-0.05, 0) is 61.0 Å². The van der Waals surface area contributed by atoms with Crippen molar-refractivity contribution in [1.82, 2.24) is 30.1 Å². The van der Waals surface area contributed by atoms with Crippen LogP contribution in [-0.4, -0.2) is 43.3 Å². The van der Waals surface area contributed by atoms with Crippen molar-refractivity contribution in [2.45, 2.75) is 28.9 Å². The summed E-state index contributed by atoms with van der Waals surface area (Å²) in [5.41, 5.74) is 1.36. The van der Waals surface area contributed by atoms with Crippen LogP contribution in [0.2, 0.25) is 0 Å². The van der Waals surface area contributed by atoms with Gasteiger partial charge in [0.2, 0.25) is 16.9 Å². The first kappa shape index (κ1) is 21.9. The number of nitrogens with one attached hydrogen (secondary N) is 2. The number of carbonyl (C=O) groups excluding carboxylic acids is 1. The highest BCUT2D eigenvalue weighted by Crippen LogP contribution is 2.33. The van der Waals surface area contributed by atoms with Gasteiger partial charge in [0, 0.05) is 23.1 Å². The molecule has 1 amide bonds. The van der Waals surface area contributed by atoms with E-state index in [9.17, 15) is 9.18 Å². The Bertz CT molecular complexity index is 1550. The van der Waals surface area contributed by atoms with E-state index in [1.807, 2.05) is 18.2 Å². The van der Waals surface area contributed by atoms with Crippen LogP contribution in [0.5, 0.6) is 11.6 Å². The maximum absolute atomic E-state index is 13.5. The Morgan fingerprint density at radius 1 is 1.17 bits per heavy atom. The second-order valence-corrected chi connectivity index (χ2v) is 10.0. The number of benzene rings is 2. The van der Waals surface area contributed by atoms with Crippen LogP contribution in [-0.2, 0) is 4.79 Å². The molecule has 0 bridgehead atoms. The summed E-state index contributed by atoms with van der Waals surface area (Å²) in [6.45, 7) is 0.291. The molecule has 3 heterocycles. The summed E-state index contributed by atoms with van der Waals surface area (Å²) in [6, 6.07) is 15.6. The zero-order valence-electron chi connectivity index (χ0n) is 18.1. The number of amides is 1. The van der Waals surface area contributed by atoms with Crippen molar-refractivity contribution in [3.8, 4) is 11.6 Å². The number of thiazole rings is 1. The van der Waals surface area contributed by atoms with Crippen LogP contribution in [0.1, 0.15) is 12.8 Å². The number of halogens is 1. The number of hydrogen-bond donors (Lipinski definition) is 2. The lowest BCUT2D eigenvalue weighted by Crippen LogP contribution is -2.29. The normalized spacial score (nSPS) is 13.4. The molecule has 0 spiro atoms. The summed E-state index contributed by atoms with van der Waals surface area (Å²) >= 11 is 2.81. The molecule has 1 aliphatic carbocycles. The van der Waals surface area contributed by atoms with E-state index in [-0.39, 0.29) is 11.7 Å². The van der Waals surface area contributed by atoms with E-state index in [0.29, 0.717) is 40.2 Å². The van der Waals surface area contributed by atoms with Gasteiger partial charge in [-0.2, -0.15) is 4.52 Å². The summed E-state index contributed by atoms with van der Waals surface area (Å²) in [5, 5.41) is 20.0. The lowest BCUT2D eigenvalue weighted by Gasteiger charge is -2.05. The highest BCUT2D eigenvalue weighted by atomic mass is 32.2. The summed E-state index contributed by atoms with van der Waals surface area (Å²) in [4.78, 5) is 17.5. The molecule has 9 nitrogen and oxygen atoms in total. The number of aromatic nitrogens is 5. The Balaban J connectivity index is 1.19. The number of nitrogens with zero attached hydrogens (tertiary/aromatic N) is 5. The van der Waals surface area contributed by atoms with Gasteiger partial charge in [0.15, 0.2) is 10.8 Å². The smallest absolute Gasteiger partial charge is 0.240 e. The fourth-order valence-corrected chi connectivity index (χ4v) is 5.16. The molecule has 6 rings (SSSR count). The summed E-state index contributed by atoms with van der Waals surface area (Å²) in [5.74, 6) is 0.156. The van der Waals surface area contributed by atoms with Crippen molar-refractivity contribution in [3.63, 3.8) is 0 Å². The predicted octanol–water partition coefficient (Wildman–Crippen LogP) is 4.51. The highest BCUT2D eigenvalue weighted by molar-refractivity contribution is 7.99. The Morgan fingerprint density at radius 2 is 2.09 bits per heavy atom. The standard InChI is InChI=1S/C23H18FN7O2S2/c24-13-2-1-3-15(10-13)33-21-9-8-19-28-29-23(31(19)30-21)34-16-6-7-17-18(11-16)35-22(26-17)27-20(32)12-25-14-4-5-14/h1-3,6-11,14,25H,4-5,12H2,(H,26,27,32). The first-order valence-corrected chi connectivity index (χ1v) is 12.5. The number of anilines is 1. The average molecular weight is 508 g/mol. The van der Waals surface area contributed by atoms with Crippen LogP contribution < -0.4 is 15.4 Å². The second-order valence-electron chi connectivity index (χ2n) is 7.94. The average Bonchev–Trinajstić information content (AvgIpc) is 3.47. The van der Waals surface area contributed by atoms with Gasteiger partial charge in [-0.3, -0.25) is 4.79 Å². The summed E-state index contributed by atoms with van der Waals surface area (Å²) in [6.07, 6.45) is 2.26. The molecule has 3 aromatic heterocycles. The van der Waals surface area contributed by atoms with E-state index in [2.05, 4.69) is 30.9 Å². The lowest BCUT2D eigenvalue weighted by atomic mass is 10.3. The van der Waals surface area contributed by atoms with Gasteiger partial charge in [-0.15, -0.1) is 15.3 Å². The molecule has 1 saturated carbocycles. The third kappa shape index (κ3) is 5.09. The molecule has 0 saturated heterocycles. The fraction of sp³-hybridized carbons (Fsp3) is 0.174. The van der Waals surface area contributed by atoms with Gasteiger partial charge in [-0.1, -0.05) is 17.4 Å². The van der Waals surface area contributed by atoms with Crippen LogP contribution in [0.3, 0.4) is 0 Å². The molecule has 2 N–H and O–H groups in total. The Morgan fingerprint density at radius 3 is 2.94 bits per heavy atom. The number of ether oxygens (including phenoxy) is 1. The van der Waals surface area contributed by atoms with E-state index in [4.69, 9.17) is 4.74 Å². The Hall–Kier alpha value is -3.61. The van der Waals surface area contributed by atoms with Gasteiger partial charge in [0.25, 0.3) is 0 Å². The van der Waals surface area contributed by atoms with E-state index in [0.717, 1.165) is 28.0 Å². The molecule has 0 atom stereocenters. The molecule has 0 unspecified atom stereocenters. The third-order valence-corrected chi connectivity index (χ3v) is 7.03. The van der Waals surface area contributed by atoms with Gasteiger partial charge >= 0.3 is 0 Å². The highest BCUT2D eigenvalue weighted by Gasteiger charge is 2.21. The monoisotopic (exact) mass is 507 g/mol. The zero-order chi connectivity index (χ0) is 23.8. The first-order chi connectivity index (χ1) is 17.1. The van der Waals surface area contributed by atoms with Crippen LogP contribution in [0.4, 0.5) is 9.52 Å². The first-order valence-electron chi connectivity index (χ1n) is 10.9. The van der Waals surface area contributed by atoms with Crippen LogP contribution in [0.15, 0.2) is 64.6 Å². The molecule has 0 radical (unpaired) electrons. The van der Waals surface area contributed by atoms with Crippen molar-refractivity contribution >= 4 is 50.0 Å². The molecule has 1 aliphatic rings. The minimum Gasteiger partial charge on any atom is -0.437 e. The SMILES string of the molecule is O=C(CNC1CC1)Nc1nc2ccc(Sc3nnc4ccc(Oc5cccc(F)c5)nn34)cc2s1. The Kier molecular flexibility index (Phi) is 5.76. The second kappa shape index (κ2) is 9.21. The third-order valence-electron chi connectivity index (χ3n) is 5.17. The van der Waals surface area contributed by atoms with Crippen LogP contribution >= 0.6 is 23.1 Å². The molecule has 35 heavy (non-hydrogen) atoms. The molecule has 176 valence electrons. The van der Waals surface area contributed by atoms with Crippen molar-refractivity contribution < 1.29 is 13.9 Å². The lowest BCUT2D eigenvalue weighted by molar-refractivity contribution is -0.115. The minimum absolute atomic E-state index is 0.0946. The molecular formula is C23H18FN7O2S2. The van der Waals surface area contributed by atoms with Gasteiger partial charge in [-0.25, -0.2) is 9.37 Å². The van der Waals surface area contributed by atoms with Crippen molar-refractivity contribution in [2.24, 2.45) is 0 Å². The molecule has 12 heteroatoms. The van der Waals surface area contributed by atoms with Crippen LogP contribution in [0, 0.1) is 5.82 Å². The Labute approximate surface area is 206 Å². The van der Waals surface area contributed by atoms with E-state index in [1.165, 1.54) is 35.2 Å². The summed E-state index contributed by atoms with van der Waals surface area (Å²) in [7, 11) is 0. The number of rotatable bonds is 8. The van der Waals surface area contributed by atoms with E-state index in [1.54, 1.807) is 28.8 Å². The molecule has 2 aromatic carbocycles. The van der Waals surface area contributed by atoms with Crippen molar-refractivity contribution in [2.75, 3.05) is 11.9 Å². The minimum atomic E-state index is -0.389. The number of carbonyl (C=O) groups is 1. The number of fused-ring (bicyclic) bond motifs is 2. The van der Waals surface area contributed by atoms with Crippen LogP contribution in [0.25, 0.3) is 15.9 Å². The van der Waals surface area contributed by atoms with Gasteiger partial charge < -0.3 is 15.4 Å².